The van der Waals surface area contributed by atoms with E-state index in [2.05, 4.69) is 38.0 Å². The van der Waals surface area contributed by atoms with Crippen molar-refractivity contribution in [1.29, 1.82) is 0 Å². The molecule has 1 aliphatic heterocycles. The van der Waals surface area contributed by atoms with E-state index in [1.807, 2.05) is 12.1 Å². The number of likely N-dealkylation sites (tertiary alicyclic amines) is 1. The number of ether oxygens (including phenoxy) is 2. The van der Waals surface area contributed by atoms with E-state index in [-0.39, 0.29) is 18.5 Å². The highest BCUT2D eigenvalue weighted by Gasteiger charge is 2.23. The molecule has 1 unspecified atom stereocenters. The van der Waals surface area contributed by atoms with Crippen molar-refractivity contribution in [3.8, 4) is 5.75 Å². The molecule has 1 aliphatic rings. The summed E-state index contributed by atoms with van der Waals surface area (Å²) in [6, 6.07) is 8.46. The van der Waals surface area contributed by atoms with Gasteiger partial charge >= 0.3 is 0 Å². The number of guanidine groups is 1. The molecule has 8 nitrogen and oxygen atoms in total. The average Bonchev–Trinajstić information content (AvgIpc) is 3.25. The van der Waals surface area contributed by atoms with E-state index in [1.165, 1.54) is 18.4 Å². The van der Waals surface area contributed by atoms with Crippen LogP contribution >= 0.6 is 0 Å². The van der Waals surface area contributed by atoms with Crippen molar-refractivity contribution in [2.75, 3.05) is 60.6 Å². The van der Waals surface area contributed by atoms with E-state index < -0.39 is 0 Å². The Kier molecular flexibility index (Phi) is 9.57. The second kappa shape index (κ2) is 12.2. The van der Waals surface area contributed by atoms with Gasteiger partial charge in [0.15, 0.2) is 5.96 Å². The summed E-state index contributed by atoms with van der Waals surface area (Å²) in [6.45, 7) is 4.05. The smallest absolute Gasteiger partial charge is 0.239 e. The molecule has 1 saturated heterocycles. The predicted octanol–water partition coefficient (Wildman–Crippen LogP) is 0.760. The van der Waals surface area contributed by atoms with Crippen LogP contribution in [0.3, 0.4) is 0 Å². The van der Waals surface area contributed by atoms with Gasteiger partial charge in [0.25, 0.3) is 0 Å². The van der Waals surface area contributed by atoms with E-state index in [0.717, 1.165) is 18.8 Å². The van der Waals surface area contributed by atoms with Crippen LogP contribution < -0.4 is 20.7 Å². The van der Waals surface area contributed by atoms with Gasteiger partial charge in [-0.2, -0.15) is 0 Å². The second-order valence-corrected chi connectivity index (χ2v) is 6.68. The van der Waals surface area contributed by atoms with Crippen LogP contribution in [0.2, 0.25) is 0 Å². The van der Waals surface area contributed by atoms with Crippen molar-refractivity contribution in [2.24, 2.45) is 4.99 Å². The summed E-state index contributed by atoms with van der Waals surface area (Å²) in [5.74, 6) is 1.37. The first-order chi connectivity index (χ1) is 13.7. The molecule has 3 N–H and O–H groups in total. The first-order valence-corrected chi connectivity index (χ1v) is 9.76. The van der Waals surface area contributed by atoms with Crippen molar-refractivity contribution < 1.29 is 14.3 Å². The molecule has 0 spiro atoms. The molecule has 1 amide bonds. The first kappa shape index (κ1) is 22.0. The fourth-order valence-electron chi connectivity index (χ4n) is 3.27. The number of carbonyl (C=O) groups is 1. The molecular weight excluding hydrogens is 358 g/mol. The summed E-state index contributed by atoms with van der Waals surface area (Å²) in [4.78, 5) is 18.5. The summed E-state index contributed by atoms with van der Waals surface area (Å²) in [7, 11) is 4.99. The minimum atomic E-state index is -0.0914. The highest BCUT2D eigenvalue weighted by atomic mass is 16.5. The van der Waals surface area contributed by atoms with Crippen molar-refractivity contribution >= 4 is 11.9 Å². The summed E-state index contributed by atoms with van der Waals surface area (Å²) < 4.78 is 10.2. The lowest BCUT2D eigenvalue weighted by atomic mass is 10.1. The fraction of sp³-hybridized carbons (Fsp3) is 0.600. The second-order valence-electron chi connectivity index (χ2n) is 6.68. The van der Waals surface area contributed by atoms with Gasteiger partial charge in [0.05, 0.1) is 26.3 Å². The Balaban J connectivity index is 1.90. The lowest BCUT2D eigenvalue weighted by Crippen LogP contribution is -2.46. The minimum absolute atomic E-state index is 0.0914. The maximum Gasteiger partial charge on any atom is 0.239 e. The van der Waals surface area contributed by atoms with E-state index in [1.54, 1.807) is 21.3 Å². The van der Waals surface area contributed by atoms with Gasteiger partial charge in [0.2, 0.25) is 5.91 Å². The van der Waals surface area contributed by atoms with Gasteiger partial charge in [-0.25, -0.2) is 0 Å². The fourth-order valence-corrected chi connectivity index (χ4v) is 3.27. The van der Waals surface area contributed by atoms with Crippen molar-refractivity contribution in [1.82, 2.24) is 20.9 Å². The topological polar surface area (TPSA) is 87.2 Å². The van der Waals surface area contributed by atoms with Crippen molar-refractivity contribution in [3.63, 3.8) is 0 Å². The number of rotatable bonds is 10. The van der Waals surface area contributed by atoms with E-state index in [0.29, 0.717) is 25.7 Å². The van der Waals surface area contributed by atoms with Crippen LogP contribution in [0.5, 0.6) is 5.75 Å². The molecule has 0 saturated carbocycles. The van der Waals surface area contributed by atoms with Gasteiger partial charge in [-0.05, 0) is 43.6 Å². The van der Waals surface area contributed by atoms with E-state index in [9.17, 15) is 4.79 Å². The molecule has 0 radical (unpaired) electrons. The normalized spacial score (nSPS) is 15.9. The Morgan fingerprint density at radius 3 is 2.46 bits per heavy atom. The zero-order valence-electron chi connectivity index (χ0n) is 17.2. The van der Waals surface area contributed by atoms with Crippen molar-refractivity contribution in [3.05, 3.63) is 29.8 Å². The number of nitrogens with one attached hydrogen (secondary N) is 3. The summed E-state index contributed by atoms with van der Waals surface area (Å²) in [5, 5.41) is 9.20. The van der Waals surface area contributed by atoms with E-state index in [4.69, 9.17) is 9.47 Å². The molecule has 28 heavy (non-hydrogen) atoms. The van der Waals surface area contributed by atoms with E-state index >= 15 is 0 Å². The largest absolute Gasteiger partial charge is 0.497 e. The Labute approximate surface area is 167 Å². The summed E-state index contributed by atoms with van der Waals surface area (Å²) >= 11 is 0. The maximum atomic E-state index is 11.8. The molecule has 1 atom stereocenters. The molecule has 156 valence electrons. The maximum absolute atomic E-state index is 11.8. The highest BCUT2D eigenvalue weighted by molar-refractivity contribution is 5.86. The molecular formula is C20H33N5O3. The Morgan fingerprint density at radius 2 is 1.86 bits per heavy atom. The number of hydrogen-bond donors (Lipinski definition) is 3. The lowest BCUT2D eigenvalue weighted by Gasteiger charge is -2.29. The number of amides is 1. The summed E-state index contributed by atoms with van der Waals surface area (Å²) in [5.41, 5.74) is 1.24. The Bertz CT molecular complexity index is 615. The zero-order valence-corrected chi connectivity index (χ0v) is 17.2. The van der Waals surface area contributed by atoms with Gasteiger partial charge in [0, 0.05) is 27.2 Å². The van der Waals surface area contributed by atoms with Crippen LogP contribution in [-0.4, -0.2) is 77.4 Å². The molecule has 1 aromatic rings. The summed E-state index contributed by atoms with van der Waals surface area (Å²) in [6.07, 6.45) is 2.45. The molecule has 1 heterocycles. The molecule has 0 bridgehead atoms. The van der Waals surface area contributed by atoms with Gasteiger partial charge < -0.3 is 25.4 Å². The zero-order chi connectivity index (χ0) is 20.2. The third-order valence-electron chi connectivity index (χ3n) is 4.81. The van der Waals surface area contributed by atoms with Crippen molar-refractivity contribution in [2.45, 2.75) is 18.9 Å². The number of aliphatic imine (C=N–C) groups is 1. The third kappa shape index (κ3) is 7.01. The molecule has 2 rings (SSSR count). The minimum Gasteiger partial charge on any atom is -0.497 e. The van der Waals surface area contributed by atoms with Gasteiger partial charge in [-0.15, -0.1) is 0 Å². The first-order valence-electron chi connectivity index (χ1n) is 9.76. The monoisotopic (exact) mass is 391 g/mol. The number of benzene rings is 1. The van der Waals surface area contributed by atoms with Gasteiger partial charge in [0.1, 0.15) is 5.75 Å². The molecule has 1 fully saturated rings. The number of methoxy groups -OCH3 is 2. The lowest BCUT2D eigenvalue weighted by molar-refractivity contribution is -0.120. The third-order valence-corrected chi connectivity index (χ3v) is 4.81. The number of carbonyl (C=O) groups excluding carboxylic acids is 1. The number of hydrogen-bond acceptors (Lipinski definition) is 5. The quantitative estimate of drug-likeness (QED) is 0.310. The standard InChI is InChI=1S/C20H33N5O3/c1-21-20(24-15-19(26)22-10-13-27-2)23-14-18(25-11-4-5-12-25)16-6-8-17(28-3)9-7-16/h6-9,18H,4-5,10-15H2,1-3H3,(H,22,26)(H2,21,23,24). The average molecular weight is 392 g/mol. The van der Waals surface area contributed by atoms with Crippen LogP contribution in [0.15, 0.2) is 29.3 Å². The molecule has 0 aromatic heterocycles. The van der Waals surface area contributed by atoms with Crippen LogP contribution in [0.25, 0.3) is 0 Å². The SMILES string of the molecule is CN=C(NCC(=O)NCCOC)NCC(c1ccc(OC)cc1)N1CCCC1. The van der Waals surface area contributed by atoms with Crippen LogP contribution in [0, 0.1) is 0 Å². The van der Waals surface area contributed by atoms with Crippen LogP contribution in [0.4, 0.5) is 0 Å². The predicted molar refractivity (Wildman–Crippen MR) is 111 cm³/mol. The van der Waals surface area contributed by atoms with Crippen LogP contribution in [0.1, 0.15) is 24.4 Å². The molecule has 1 aromatic carbocycles. The van der Waals surface area contributed by atoms with Crippen LogP contribution in [-0.2, 0) is 9.53 Å². The Morgan fingerprint density at radius 1 is 1.14 bits per heavy atom. The van der Waals surface area contributed by atoms with Gasteiger partial charge in [-0.1, -0.05) is 12.1 Å². The van der Waals surface area contributed by atoms with Gasteiger partial charge in [-0.3, -0.25) is 14.7 Å². The number of nitrogens with zero attached hydrogens (tertiary/aromatic N) is 2. The Hall–Kier alpha value is -2.32. The highest BCUT2D eigenvalue weighted by Crippen LogP contribution is 2.26. The molecule has 0 aliphatic carbocycles. The molecule has 8 heteroatoms.